The number of aliphatic hydroxyl groups excluding tert-OH is 1. The molecule has 0 aromatic carbocycles. The van der Waals surface area contributed by atoms with Crippen LogP contribution in [0, 0.1) is 12.3 Å². The molecule has 1 heterocycles. The molecule has 0 atom stereocenters. The zero-order chi connectivity index (χ0) is 12.1. The molecule has 1 saturated carbocycles. The van der Waals surface area contributed by atoms with E-state index >= 15 is 0 Å². The minimum atomic E-state index is 0.113. The molecule has 4 heteroatoms. The maximum Gasteiger partial charge on any atom is 0.125 e. The van der Waals surface area contributed by atoms with Gasteiger partial charge in [0.15, 0.2) is 0 Å². The van der Waals surface area contributed by atoms with Gasteiger partial charge >= 0.3 is 0 Å². The molecular weight excluding hydrogens is 214 g/mol. The first-order chi connectivity index (χ1) is 8.24. The highest BCUT2D eigenvalue weighted by Gasteiger charge is 2.32. The van der Waals surface area contributed by atoms with Gasteiger partial charge in [-0.1, -0.05) is 12.8 Å². The van der Waals surface area contributed by atoms with Crippen LogP contribution in [0.15, 0.2) is 12.3 Å². The molecule has 0 unspecified atom stereocenters. The number of hydrogen-bond acceptors (Lipinski definition) is 4. The van der Waals surface area contributed by atoms with E-state index in [4.69, 9.17) is 0 Å². The van der Waals surface area contributed by atoms with E-state index in [1.54, 1.807) is 6.20 Å². The van der Waals surface area contributed by atoms with Crippen LogP contribution in [-0.2, 0) is 6.54 Å². The standard InChI is InChI=1S/C13H21N3O/c1-11-15-7-4-12(16-11)8-14-9-13(10-17)5-2-3-6-13/h4,7,14,17H,2-3,5-6,8-10H2,1H3. The summed E-state index contributed by atoms with van der Waals surface area (Å²) in [6.45, 7) is 3.83. The van der Waals surface area contributed by atoms with Crippen molar-refractivity contribution in [3.8, 4) is 0 Å². The van der Waals surface area contributed by atoms with Gasteiger partial charge in [-0.05, 0) is 25.8 Å². The molecule has 0 aliphatic heterocycles. The highest BCUT2D eigenvalue weighted by atomic mass is 16.3. The Labute approximate surface area is 102 Å². The van der Waals surface area contributed by atoms with Crippen molar-refractivity contribution in [3.63, 3.8) is 0 Å². The Balaban J connectivity index is 1.82. The van der Waals surface area contributed by atoms with Crippen molar-refractivity contribution in [2.24, 2.45) is 5.41 Å². The summed E-state index contributed by atoms with van der Waals surface area (Å²) in [5.41, 5.74) is 1.13. The summed E-state index contributed by atoms with van der Waals surface area (Å²) in [4.78, 5) is 8.43. The molecule has 0 radical (unpaired) electrons. The first-order valence-corrected chi connectivity index (χ1v) is 6.34. The molecule has 2 N–H and O–H groups in total. The largest absolute Gasteiger partial charge is 0.396 e. The second-order valence-corrected chi connectivity index (χ2v) is 5.06. The van der Waals surface area contributed by atoms with Gasteiger partial charge in [0.2, 0.25) is 0 Å². The monoisotopic (exact) mass is 235 g/mol. The molecule has 0 amide bonds. The summed E-state index contributed by atoms with van der Waals surface area (Å²) in [5, 5.41) is 12.9. The number of aliphatic hydroxyl groups is 1. The van der Waals surface area contributed by atoms with Crippen LogP contribution in [0.1, 0.15) is 37.2 Å². The Bertz CT molecular complexity index is 361. The maximum atomic E-state index is 9.49. The lowest BCUT2D eigenvalue weighted by Crippen LogP contribution is -2.35. The summed E-state index contributed by atoms with van der Waals surface area (Å²) in [6, 6.07) is 1.93. The number of hydrogen-bond donors (Lipinski definition) is 2. The Morgan fingerprint density at radius 3 is 2.82 bits per heavy atom. The minimum absolute atomic E-state index is 0.113. The Hall–Kier alpha value is -1.00. The molecule has 2 rings (SSSR count). The van der Waals surface area contributed by atoms with Crippen LogP contribution in [0.3, 0.4) is 0 Å². The second kappa shape index (κ2) is 5.56. The molecule has 94 valence electrons. The SMILES string of the molecule is Cc1nccc(CNCC2(CO)CCCC2)n1. The number of rotatable bonds is 5. The third-order valence-electron chi connectivity index (χ3n) is 3.64. The van der Waals surface area contributed by atoms with Crippen LogP contribution < -0.4 is 5.32 Å². The molecule has 4 nitrogen and oxygen atoms in total. The Kier molecular flexibility index (Phi) is 4.07. The lowest BCUT2D eigenvalue weighted by atomic mass is 9.87. The fourth-order valence-corrected chi connectivity index (χ4v) is 2.58. The van der Waals surface area contributed by atoms with Gasteiger partial charge in [-0.3, -0.25) is 0 Å². The highest BCUT2D eigenvalue weighted by Crippen LogP contribution is 2.36. The zero-order valence-electron chi connectivity index (χ0n) is 10.4. The first-order valence-electron chi connectivity index (χ1n) is 6.34. The van der Waals surface area contributed by atoms with E-state index in [-0.39, 0.29) is 5.41 Å². The van der Waals surface area contributed by atoms with Crippen LogP contribution in [0.2, 0.25) is 0 Å². The van der Waals surface area contributed by atoms with E-state index in [0.29, 0.717) is 6.61 Å². The molecule has 0 bridgehead atoms. The van der Waals surface area contributed by atoms with Gasteiger partial charge in [-0.25, -0.2) is 9.97 Å². The average Bonchev–Trinajstić information content (AvgIpc) is 2.79. The molecule has 1 aliphatic rings. The smallest absolute Gasteiger partial charge is 0.125 e. The topological polar surface area (TPSA) is 58.0 Å². The molecule has 1 aliphatic carbocycles. The van der Waals surface area contributed by atoms with E-state index in [1.807, 2.05) is 13.0 Å². The van der Waals surface area contributed by atoms with Crippen molar-refractivity contribution in [2.75, 3.05) is 13.2 Å². The van der Waals surface area contributed by atoms with Crippen molar-refractivity contribution in [2.45, 2.75) is 39.2 Å². The van der Waals surface area contributed by atoms with Crippen LogP contribution in [-0.4, -0.2) is 28.2 Å². The Morgan fingerprint density at radius 2 is 2.18 bits per heavy atom. The predicted molar refractivity (Wildman–Crippen MR) is 66.5 cm³/mol. The van der Waals surface area contributed by atoms with Crippen molar-refractivity contribution >= 4 is 0 Å². The summed E-state index contributed by atoms with van der Waals surface area (Å²) >= 11 is 0. The first kappa shape index (κ1) is 12.5. The van der Waals surface area contributed by atoms with Gasteiger partial charge < -0.3 is 10.4 Å². The fourth-order valence-electron chi connectivity index (χ4n) is 2.58. The number of aromatic nitrogens is 2. The van der Waals surface area contributed by atoms with E-state index in [0.717, 1.165) is 37.4 Å². The minimum Gasteiger partial charge on any atom is -0.396 e. The van der Waals surface area contributed by atoms with E-state index < -0.39 is 0 Å². The molecule has 1 aromatic heterocycles. The van der Waals surface area contributed by atoms with E-state index in [9.17, 15) is 5.11 Å². The maximum absolute atomic E-state index is 9.49. The van der Waals surface area contributed by atoms with Crippen molar-refractivity contribution in [1.29, 1.82) is 0 Å². The van der Waals surface area contributed by atoms with Gasteiger partial charge in [-0.15, -0.1) is 0 Å². The molecule has 0 spiro atoms. The predicted octanol–water partition coefficient (Wildman–Crippen LogP) is 1.43. The second-order valence-electron chi connectivity index (χ2n) is 5.06. The highest BCUT2D eigenvalue weighted by molar-refractivity contribution is 5.01. The van der Waals surface area contributed by atoms with Crippen LogP contribution >= 0.6 is 0 Å². The van der Waals surface area contributed by atoms with Gasteiger partial charge in [0, 0.05) is 31.3 Å². The van der Waals surface area contributed by atoms with E-state index in [1.165, 1.54) is 12.8 Å². The van der Waals surface area contributed by atoms with Crippen molar-refractivity contribution in [1.82, 2.24) is 15.3 Å². The number of nitrogens with zero attached hydrogens (tertiary/aromatic N) is 2. The van der Waals surface area contributed by atoms with E-state index in [2.05, 4.69) is 15.3 Å². The third kappa shape index (κ3) is 3.23. The lowest BCUT2D eigenvalue weighted by molar-refractivity contribution is 0.128. The normalized spacial score (nSPS) is 18.5. The molecule has 1 aromatic rings. The number of aryl methyl sites for hydroxylation is 1. The van der Waals surface area contributed by atoms with Gasteiger partial charge in [0.05, 0.1) is 5.69 Å². The molecule has 17 heavy (non-hydrogen) atoms. The van der Waals surface area contributed by atoms with Crippen LogP contribution in [0.25, 0.3) is 0 Å². The average molecular weight is 235 g/mol. The number of nitrogens with one attached hydrogen (secondary N) is 1. The van der Waals surface area contributed by atoms with Gasteiger partial charge in [-0.2, -0.15) is 0 Å². The lowest BCUT2D eigenvalue weighted by Gasteiger charge is -2.26. The van der Waals surface area contributed by atoms with Crippen LogP contribution in [0.4, 0.5) is 0 Å². The quantitative estimate of drug-likeness (QED) is 0.810. The van der Waals surface area contributed by atoms with Crippen LogP contribution in [0.5, 0.6) is 0 Å². The van der Waals surface area contributed by atoms with Crippen molar-refractivity contribution in [3.05, 3.63) is 23.8 Å². The summed E-state index contributed by atoms with van der Waals surface area (Å²) in [5.74, 6) is 0.807. The van der Waals surface area contributed by atoms with Crippen molar-refractivity contribution < 1.29 is 5.11 Å². The van der Waals surface area contributed by atoms with Gasteiger partial charge in [0.25, 0.3) is 0 Å². The molecule has 0 saturated heterocycles. The zero-order valence-corrected chi connectivity index (χ0v) is 10.4. The summed E-state index contributed by atoms with van der Waals surface area (Å²) < 4.78 is 0. The molecule has 1 fully saturated rings. The Morgan fingerprint density at radius 1 is 1.41 bits per heavy atom. The van der Waals surface area contributed by atoms with Gasteiger partial charge in [0.1, 0.15) is 5.82 Å². The summed E-state index contributed by atoms with van der Waals surface area (Å²) in [7, 11) is 0. The molecular formula is C13H21N3O. The third-order valence-corrected chi connectivity index (χ3v) is 3.64. The fraction of sp³-hybridized carbons (Fsp3) is 0.692. The summed E-state index contributed by atoms with van der Waals surface area (Å²) in [6.07, 6.45) is 6.55.